The Kier molecular flexibility index (Phi) is 7.50. The van der Waals surface area contributed by atoms with Crippen molar-refractivity contribution < 1.29 is 0 Å². The normalized spacial score (nSPS) is 10.9. The summed E-state index contributed by atoms with van der Waals surface area (Å²) < 4.78 is 0. The van der Waals surface area contributed by atoms with Crippen molar-refractivity contribution in [3.8, 4) is 0 Å². The Morgan fingerprint density at radius 3 is 2.48 bits per heavy atom. The van der Waals surface area contributed by atoms with Gasteiger partial charge in [-0.3, -0.25) is 0 Å². The molecule has 0 unspecified atom stereocenters. The Balaban J connectivity index is 0.00000220. The SMILES string of the molecule is CCN(CC)CCSc1nc2cc(C)ccc2cc1C.Cl. The average molecular weight is 325 g/mol. The van der Waals surface area contributed by atoms with E-state index in [0.717, 1.165) is 30.9 Å². The molecule has 2 nitrogen and oxygen atoms in total. The lowest BCUT2D eigenvalue weighted by molar-refractivity contribution is 0.324. The summed E-state index contributed by atoms with van der Waals surface area (Å²) in [6, 6.07) is 8.73. The topological polar surface area (TPSA) is 16.1 Å². The maximum Gasteiger partial charge on any atom is 0.0997 e. The van der Waals surface area contributed by atoms with E-state index in [1.54, 1.807) is 0 Å². The van der Waals surface area contributed by atoms with Gasteiger partial charge in [0.1, 0.15) is 0 Å². The van der Waals surface area contributed by atoms with Gasteiger partial charge in [-0.25, -0.2) is 4.98 Å². The number of aryl methyl sites for hydroxylation is 2. The fourth-order valence-corrected chi connectivity index (χ4v) is 3.31. The molecule has 0 saturated heterocycles. The third kappa shape index (κ3) is 4.87. The Bertz CT molecular complexity index is 582. The molecule has 2 aromatic rings. The van der Waals surface area contributed by atoms with E-state index < -0.39 is 0 Å². The molecular weight excluding hydrogens is 300 g/mol. The summed E-state index contributed by atoms with van der Waals surface area (Å²) in [6.45, 7) is 12.1. The van der Waals surface area contributed by atoms with Gasteiger partial charge in [-0.05, 0) is 50.2 Å². The number of aromatic nitrogens is 1. The van der Waals surface area contributed by atoms with Crippen LogP contribution in [0.25, 0.3) is 10.9 Å². The minimum Gasteiger partial charge on any atom is -0.303 e. The Labute approximate surface area is 138 Å². The molecule has 1 aromatic carbocycles. The first kappa shape index (κ1) is 18.3. The average Bonchev–Trinajstić information content (AvgIpc) is 2.44. The molecule has 21 heavy (non-hydrogen) atoms. The van der Waals surface area contributed by atoms with Crippen LogP contribution in [0.1, 0.15) is 25.0 Å². The van der Waals surface area contributed by atoms with Crippen LogP contribution in [0.15, 0.2) is 29.3 Å². The van der Waals surface area contributed by atoms with Crippen LogP contribution < -0.4 is 0 Å². The van der Waals surface area contributed by atoms with E-state index in [4.69, 9.17) is 4.98 Å². The minimum absolute atomic E-state index is 0. The predicted octanol–water partition coefficient (Wildman–Crippen LogP) is 4.71. The monoisotopic (exact) mass is 324 g/mol. The van der Waals surface area contributed by atoms with Crippen LogP contribution in [0.2, 0.25) is 0 Å². The zero-order valence-corrected chi connectivity index (χ0v) is 15.0. The van der Waals surface area contributed by atoms with Crippen LogP contribution >= 0.6 is 24.2 Å². The van der Waals surface area contributed by atoms with Crippen LogP contribution in [0.3, 0.4) is 0 Å². The summed E-state index contributed by atoms with van der Waals surface area (Å²) in [5.41, 5.74) is 3.67. The number of halogens is 1. The number of fused-ring (bicyclic) bond motifs is 1. The number of nitrogens with zero attached hydrogens (tertiary/aromatic N) is 2. The summed E-state index contributed by atoms with van der Waals surface area (Å²) in [5.74, 6) is 1.10. The second-order valence-corrected chi connectivity index (χ2v) is 6.27. The molecule has 4 heteroatoms. The number of pyridine rings is 1. The fourth-order valence-electron chi connectivity index (χ4n) is 2.32. The Hall–Kier alpha value is -0.770. The van der Waals surface area contributed by atoms with Gasteiger partial charge in [-0.15, -0.1) is 24.2 Å². The summed E-state index contributed by atoms with van der Waals surface area (Å²) in [6.07, 6.45) is 0. The van der Waals surface area contributed by atoms with E-state index in [1.165, 1.54) is 21.5 Å². The predicted molar refractivity (Wildman–Crippen MR) is 97.0 cm³/mol. The highest BCUT2D eigenvalue weighted by atomic mass is 35.5. The quantitative estimate of drug-likeness (QED) is 0.716. The van der Waals surface area contributed by atoms with E-state index in [-0.39, 0.29) is 12.4 Å². The first-order chi connectivity index (χ1) is 9.63. The van der Waals surface area contributed by atoms with Crippen LogP contribution in [-0.2, 0) is 0 Å². The maximum absolute atomic E-state index is 4.83. The van der Waals surface area contributed by atoms with Crippen LogP contribution in [0.5, 0.6) is 0 Å². The lowest BCUT2D eigenvalue weighted by Crippen LogP contribution is -2.25. The molecule has 0 aliphatic rings. The molecule has 0 aliphatic carbocycles. The van der Waals surface area contributed by atoms with Gasteiger partial charge in [0.25, 0.3) is 0 Å². The van der Waals surface area contributed by atoms with Crippen molar-refractivity contribution in [2.24, 2.45) is 0 Å². The van der Waals surface area contributed by atoms with Crippen molar-refractivity contribution in [2.75, 3.05) is 25.4 Å². The van der Waals surface area contributed by atoms with E-state index in [0.29, 0.717) is 0 Å². The standard InChI is InChI=1S/C17H24N2S.ClH/c1-5-19(6-2)9-10-20-17-14(4)12-15-8-7-13(3)11-16(15)18-17;/h7-8,11-12H,5-6,9-10H2,1-4H3;1H. The number of hydrogen-bond donors (Lipinski definition) is 0. The van der Waals surface area contributed by atoms with Gasteiger partial charge in [0, 0.05) is 17.7 Å². The largest absolute Gasteiger partial charge is 0.303 e. The number of benzene rings is 1. The molecule has 0 fully saturated rings. The fraction of sp³-hybridized carbons (Fsp3) is 0.471. The third-order valence-electron chi connectivity index (χ3n) is 3.66. The molecule has 0 N–H and O–H groups in total. The molecule has 2 rings (SSSR count). The van der Waals surface area contributed by atoms with Gasteiger partial charge in [0.05, 0.1) is 10.5 Å². The van der Waals surface area contributed by atoms with Crippen LogP contribution in [-0.4, -0.2) is 35.3 Å². The van der Waals surface area contributed by atoms with Gasteiger partial charge in [-0.1, -0.05) is 26.0 Å². The molecule has 0 aliphatic heterocycles. The first-order valence-electron chi connectivity index (χ1n) is 7.37. The molecule has 116 valence electrons. The van der Waals surface area contributed by atoms with Gasteiger partial charge >= 0.3 is 0 Å². The van der Waals surface area contributed by atoms with Crippen molar-refractivity contribution in [2.45, 2.75) is 32.7 Å². The van der Waals surface area contributed by atoms with Crippen molar-refractivity contribution in [3.63, 3.8) is 0 Å². The van der Waals surface area contributed by atoms with Gasteiger partial charge < -0.3 is 4.90 Å². The van der Waals surface area contributed by atoms with E-state index in [2.05, 4.69) is 56.9 Å². The molecule has 1 aromatic heterocycles. The smallest absolute Gasteiger partial charge is 0.0997 e. The Morgan fingerprint density at radius 2 is 1.81 bits per heavy atom. The molecular formula is C17H25ClN2S. The molecule has 0 amide bonds. The van der Waals surface area contributed by atoms with Crippen molar-refractivity contribution in [3.05, 3.63) is 35.4 Å². The molecule has 1 heterocycles. The number of thioether (sulfide) groups is 1. The number of rotatable bonds is 6. The third-order valence-corrected chi connectivity index (χ3v) is 4.73. The van der Waals surface area contributed by atoms with E-state index in [1.807, 2.05) is 11.8 Å². The van der Waals surface area contributed by atoms with Gasteiger partial charge in [0.2, 0.25) is 0 Å². The van der Waals surface area contributed by atoms with E-state index in [9.17, 15) is 0 Å². The molecule has 0 bridgehead atoms. The highest BCUT2D eigenvalue weighted by Gasteiger charge is 2.06. The first-order valence-corrected chi connectivity index (χ1v) is 8.35. The summed E-state index contributed by atoms with van der Waals surface area (Å²) in [7, 11) is 0. The van der Waals surface area contributed by atoms with E-state index >= 15 is 0 Å². The van der Waals surface area contributed by atoms with Crippen LogP contribution in [0, 0.1) is 13.8 Å². The molecule has 0 spiro atoms. The maximum atomic E-state index is 4.83. The van der Waals surface area contributed by atoms with Crippen molar-refractivity contribution in [1.29, 1.82) is 0 Å². The summed E-state index contributed by atoms with van der Waals surface area (Å²) >= 11 is 1.87. The summed E-state index contributed by atoms with van der Waals surface area (Å²) in [4.78, 5) is 7.28. The molecule has 0 saturated carbocycles. The minimum atomic E-state index is 0. The summed E-state index contributed by atoms with van der Waals surface area (Å²) in [5, 5.41) is 2.41. The lowest BCUT2D eigenvalue weighted by Gasteiger charge is -2.17. The highest BCUT2D eigenvalue weighted by molar-refractivity contribution is 7.99. The second kappa shape index (κ2) is 8.62. The number of hydrogen-bond acceptors (Lipinski definition) is 3. The zero-order chi connectivity index (χ0) is 14.5. The van der Waals surface area contributed by atoms with Crippen LogP contribution in [0.4, 0.5) is 0 Å². The van der Waals surface area contributed by atoms with Crippen molar-refractivity contribution in [1.82, 2.24) is 9.88 Å². The Morgan fingerprint density at radius 1 is 1.10 bits per heavy atom. The molecule has 0 radical (unpaired) electrons. The zero-order valence-electron chi connectivity index (χ0n) is 13.3. The van der Waals surface area contributed by atoms with Gasteiger partial charge in [-0.2, -0.15) is 0 Å². The lowest BCUT2D eigenvalue weighted by atomic mass is 10.1. The highest BCUT2D eigenvalue weighted by Crippen LogP contribution is 2.25. The molecule has 0 atom stereocenters. The van der Waals surface area contributed by atoms with Gasteiger partial charge in [0.15, 0.2) is 0 Å². The second-order valence-electron chi connectivity index (χ2n) is 5.18. The van der Waals surface area contributed by atoms with Crippen molar-refractivity contribution >= 4 is 35.1 Å².